The summed E-state index contributed by atoms with van der Waals surface area (Å²) in [6, 6.07) is 6.71. The van der Waals surface area contributed by atoms with E-state index in [1.165, 1.54) is 14.0 Å². The highest BCUT2D eigenvalue weighted by Gasteiger charge is 2.41. The van der Waals surface area contributed by atoms with Gasteiger partial charge in [-0.15, -0.1) is 0 Å². The van der Waals surface area contributed by atoms with Crippen LogP contribution in [-0.2, 0) is 16.0 Å². The number of hydrogen-bond donors (Lipinski definition) is 2. The molecule has 0 aliphatic carbocycles. The van der Waals surface area contributed by atoms with E-state index >= 15 is 0 Å². The van der Waals surface area contributed by atoms with Crippen molar-refractivity contribution in [3.63, 3.8) is 0 Å². The summed E-state index contributed by atoms with van der Waals surface area (Å²) in [5.74, 6) is -2.14. The molecule has 0 radical (unpaired) electrons. The molecule has 1 aromatic carbocycles. The van der Waals surface area contributed by atoms with Crippen molar-refractivity contribution in [3.8, 4) is 5.75 Å². The van der Waals surface area contributed by atoms with Crippen LogP contribution in [0.2, 0.25) is 0 Å². The molecule has 0 bridgehead atoms. The minimum Gasteiger partial charge on any atom is -0.497 e. The zero-order chi connectivity index (χ0) is 13.1. The van der Waals surface area contributed by atoms with Gasteiger partial charge in [0.25, 0.3) is 0 Å². The Labute approximate surface area is 98.6 Å². The Bertz CT molecular complexity index is 424. The standard InChI is InChI=1S/C12H14O5/c1-12(10(13)14,11(15)16)7-8-4-3-5-9(6-8)17-2/h3-6H,7H2,1-2H3,(H,13,14)(H,15,16). The first kappa shape index (κ1) is 13.0. The van der Waals surface area contributed by atoms with Gasteiger partial charge in [-0.25, -0.2) is 0 Å². The third kappa shape index (κ3) is 2.75. The van der Waals surface area contributed by atoms with E-state index in [1.54, 1.807) is 24.3 Å². The van der Waals surface area contributed by atoms with Gasteiger partial charge in [-0.1, -0.05) is 12.1 Å². The molecule has 0 atom stereocenters. The smallest absolute Gasteiger partial charge is 0.321 e. The average molecular weight is 238 g/mol. The number of rotatable bonds is 5. The molecule has 0 saturated carbocycles. The monoisotopic (exact) mass is 238 g/mol. The SMILES string of the molecule is COc1cccc(CC(C)(C(=O)O)C(=O)O)c1. The minimum atomic E-state index is -1.83. The van der Waals surface area contributed by atoms with Crippen molar-refractivity contribution in [1.29, 1.82) is 0 Å². The summed E-state index contributed by atoms with van der Waals surface area (Å²) in [6.45, 7) is 1.19. The Morgan fingerprint density at radius 1 is 1.29 bits per heavy atom. The zero-order valence-corrected chi connectivity index (χ0v) is 9.64. The molecule has 5 heteroatoms. The zero-order valence-electron chi connectivity index (χ0n) is 9.64. The van der Waals surface area contributed by atoms with Crippen LogP contribution >= 0.6 is 0 Å². The molecular weight excluding hydrogens is 224 g/mol. The third-order valence-corrected chi connectivity index (χ3v) is 2.64. The van der Waals surface area contributed by atoms with Crippen LogP contribution in [-0.4, -0.2) is 29.3 Å². The van der Waals surface area contributed by atoms with Gasteiger partial charge in [0.2, 0.25) is 0 Å². The van der Waals surface area contributed by atoms with Crippen LogP contribution in [0.4, 0.5) is 0 Å². The van der Waals surface area contributed by atoms with E-state index in [9.17, 15) is 9.59 Å². The molecular formula is C12H14O5. The van der Waals surface area contributed by atoms with Crippen molar-refractivity contribution in [2.24, 2.45) is 5.41 Å². The Balaban J connectivity index is 3.02. The number of aliphatic carboxylic acids is 2. The molecule has 0 unspecified atom stereocenters. The van der Waals surface area contributed by atoms with E-state index in [2.05, 4.69) is 0 Å². The van der Waals surface area contributed by atoms with Gasteiger partial charge in [0.1, 0.15) is 5.75 Å². The van der Waals surface area contributed by atoms with E-state index in [-0.39, 0.29) is 6.42 Å². The van der Waals surface area contributed by atoms with E-state index in [0.29, 0.717) is 11.3 Å². The second-order valence-electron chi connectivity index (χ2n) is 3.97. The summed E-state index contributed by atoms with van der Waals surface area (Å²) in [5.41, 5.74) is -1.22. The molecule has 0 fully saturated rings. The fourth-order valence-electron chi connectivity index (χ4n) is 1.43. The van der Waals surface area contributed by atoms with Gasteiger partial charge >= 0.3 is 11.9 Å². The molecule has 17 heavy (non-hydrogen) atoms. The van der Waals surface area contributed by atoms with Gasteiger partial charge in [0.15, 0.2) is 5.41 Å². The molecule has 1 aromatic rings. The minimum absolute atomic E-state index is 0.0884. The second-order valence-corrected chi connectivity index (χ2v) is 3.97. The molecule has 92 valence electrons. The lowest BCUT2D eigenvalue weighted by Gasteiger charge is -2.19. The topological polar surface area (TPSA) is 83.8 Å². The highest BCUT2D eigenvalue weighted by atomic mass is 16.5. The fraction of sp³-hybridized carbons (Fsp3) is 0.333. The summed E-state index contributed by atoms with van der Waals surface area (Å²) in [6.07, 6.45) is -0.0884. The van der Waals surface area contributed by atoms with E-state index in [1.807, 2.05) is 0 Å². The van der Waals surface area contributed by atoms with Crippen LogP contribution in [0, 0.1) is 5.41 Å². The van der Waals surface area contributed by atoms with Crippen LogP contribution in [0.25, 0.3) is 0 Å². The lowest BCUT2D eigenvalue weighted by Crippen LogP contribution is -2.38. The fourth-order valence-corrected chi connectivity index (χ4v) is 1.43. The second kappa shape index (κ2) is 4.86. The van der Waals surface area contributed by atoms with Gasteiger partial charge in [0.05, 0.1) is 7.11 Å². The van der Waals surface area contributed by atoms with Crippen molar-refractivity contribution < 1.29 is 24.5 Å². The van der Waals surface area contributed by atoms with E-state index < -0.39 is 17.4 Å². The third-order valence-electron chi connectivity index (χ3n) is 2.64. The summed E-state index contributed by atoms with van der Waals surface area (Å²) < 4.78 is 5.00. The lowest BCUT2D eigenvalue weighted by molar-refractivity contribution is -0.163. The highest BCUT2D eigenvalue weighted by Crippen LogP contribution is 2.25. The number of ether oxygens (including phenoxy) is 1. The number of carboxylic acid groups (broad SMARTS) is 2. The van der Waals surface area contributed by atoms with Gasteiger partial charge in [-0.05, 0) is 31.0 Å². The molecule has 0 aliphatic heterocycles. The van der Waals surface area contributed by atoms with Gasteiger partial charge in [0, 0.05) is 0 Å². The van der Waals surface area contributed by atoms with E-state index in [0.717, 1.165) is 0 Å². The van der Waals surface area contributed by atoms with Crippen LogP contribution < -0.4 is 4.74 Å². The summed E-state index contributed by atoms with van der Waals surface area (Å²) in [4.78, 5) is 22.0. The number of carbonyl (C=O) groups is 2. The average Bonchev–Trinajstić information content (AvgIpc) is 2.28. The summed E-state index contributed by atoms with van der Waals surface area (Å²) >= 11 is 0. The van der Waals surface area contributed by atoms with Gasteiger partial charge < -0.3 is 14.9 Å². The Hall–Kier alpha value is -2.04. The number of benzene rings is 1. The molecule has 0 aromatic heterocycles. The van der Waals surface area contributed by atoms with Gasteiger partial charge in [-0.2, -0.15) is 0 Å². The summed E-state index contributed by atoms with van der Waals surface area (Å²) in [7, 11) is 1.49. The highest BCUT2D eigenvalue weighted by molar-refractivity contribution is 5.98. The predicted molar refractivity (Wildman–Crippen MR) is 60.1 cm³/mol. The Morgan fingerprint density at radius 2 is 1.88 bits per heavy atom. The van der Waals surface area contributed by atoms with Gasteiger partial charge in [-0.3, -0.25) is 9.59 Å². The maximum absolute atomic E-state index is 11.0. The number of methoxy groups -OCH3 is 1. The molecule has 0 amide bonds. The van der Waals surface area contributed by atoms with E-state index in [4.69, 9.17) is 14.9 Å². The largest absolute Gasteiger partial charge is 0.497 e. The van der Waals surface area contributed by atoms with Crippen molar-refractivity contribution in [2.75, 3.05) is 7.11 Å². The molecule has 0 saturated heterocycles. The van der Waals surface area contributed by atoms with Crippen LogP contribution in [0.15, 0.2) is 24.3 Å². The molecule has 0 aliphatic rings. The van der Waals surface area contributed by atoms with Crippen LogP contribution in [0.1, 0.15) is 12.5 Å². The van der Waals surface area contributed by atoms with Crippen LogP contribution in [0.3, 0.4) is 0 Å². The number of hydrogen-bond acceptors (Lipinski definition) is 3. The quantitative estimate of drug-likeness (QED) is 0.758. The van der Waals surface area contributed by atoms with Crippen molar-refractivity contribution in [2.45, 2.75) is 13.3 Å². The molecule has 1 rings (SSSR count). The summed E-state index contributed by atoms with van der Waals surface area (Å²) in [5, 5.41) is 18.0. The number of carboxylic acids is 2. The lowest BCUT2D eigenvalue weighted by atomic mass is 9.84. The molecule has 2 N–H and O–H groups in total. The van der Waals surface area contributed by atoms with Crippen molar-refractivity contribution in [3.05, 3.63) is 29.8 Å². The Morgan fingerprint density at radius 3 is 2.35 bits per heavy atom. The molecule has 0 heterocycles. The normalized spacial score (nSPS) is 10.9. The predicted octanol–water partition coefficient (Wildman–Crippen LogP) is 1.41. The van der Waals surface area contributed by atoms with Crippen molar-refractivity contribution in [1.82, 2.24) is 0 Å². The van der Waals surface area contributed by atoms with Crippen molar-refractivity contribution >= 4 is 11.9 Å². The van der Waals surface area contributed by atoms with Crippen LogP contribution in [0.5, 0.6) is 5.75 Å². The maximum Gasteiger partial charge on any atom is 0.321 e. The maximum atomic E-state index is 11.0. The molecule has 5 nitrogen and oxygen atoms in total. The Kier molecular flexibility index (Phi) is 3.73. The first-order valence-electron chi connectivity index (χ1n) is 5.00. The first-order chi connectivity index (χ1) is 7.90. The molecule has 0 spiro atoms. The first-order valence-corrected chi connectivity index (χ1v) is 5.00.